The van der Waals surface area contributed by atoms with E-state index in [0.717, 1.165) is 17.0 Å². The smallest absolute Gasteiger partial charge is 0.300 e. The number of rotatable bonds is 5. The summed E-state index contributed by atoms with van der Waals surface area (Å²) in [7, 11) is 0. The molecule has 0 fully saturated rings. The highest BCUT2D eigenvalue weighted by Crippen LogP contribution is 2.29. The normalized spacial score (nSPS) is 10.7. The van der Waals surface area contributed by atoms with Crippen LogP contribution in [0.3, 0.4) is 0 Å². The third-order valence-corrected chi connectivity index (χ3v) is 5.37. The summed E-state index contributed by atoms with van der Waals surface area (Å²) >= 11 is 2.26. The molecule has 134 valence electrons. The minimum absolute atomic E-state index is 0.0217. The lowest BCUT2D eigenvalue weighted by atomic mass is 10.1. The van der Waals surface area contributed by atoms with Gasteiger partial charge in [-0.1, -0.05) is 23.5 Å². The number of nitrogens with one attached hydrogen (secondary N) is 1. The van der Waals surface area contributed by atoms with Gasteiger partial charge in [-0.05, 0) is 13.8 Å². The standard InChI is InChI=1S/C16H14N4O4S2/c1-9-3-4-11(5-13(9)20(23)24)12-8-25-15(17-12)18-14(21)6-19-10(2)7-26-16(19)22/h3-5,7-8H,6H2,1-2H3,(H,17,18,21). The first-order valence-electron chi connectivity index (χ1n) is 7.51. The molecule has 0 saturated carbocycles. The van der Waals surface area contributed by atoms with Gasteiger partial charge in [0.25, 0.3) is 5.69 Å². The van der Waals surface area contributed by atoms with E-state index in [9.17, 15) is 19.7 Å². The Bertz CT molecular complexity index is 1050. The van der Waals surface area contributed by atoms with Crippen molar-refractivity contribution >= 4 is 39.4 Å². The maximum Gasteiger partial charge on any atom is 0.307 e. The first kappa shape index (κ1) is 18.0. The van der Waals surface area contributed by atoms with Crippen LogP contribution in [-0.2, 0) is 11.3 Å². The number of nitrogens with zero attached hydrogens (tertiary/aromatic N) is 3. The van der Waals surface area contributed by atoms with Gasteiger partial charge in [-0.3, -0.25) is 24.3 Å². The zero-order valence-electron chi connectivity index (χ0n) is 13.9. The van der Waals surface area contributed by atoms with Crippen molar-refractivity contribution in [1.82, 2.24) is 9.55 Å². The average Bonchev–Trinajstić information content (AvgIpc) is 3.17. The van der Waals surface area contributed by atoms with Crippen molar-refractivity contribution in [2.45, 2.75) is 20.4 Å². The summed E-state index contributed by atoms with van der Waals surface area (Å²) in [4.78, 5) is 38.5. The third-order valence-electron chi connectivity index (χ3n) is 3.73. The van der Waals surface area contributed by atoms with Crippen LogP contribution in [0.1, 0.15) is 11.3 Å². The number of aryl methyl sites for hydroxylation is 2. The van der Waals surface area contributed by atoms with Crippen LogP contribution in [0.4, 0.5) is 10.8 Å². The molecule has 0 aliphatic rings. The molecular formula is C16H14N4O4S2. The van der Waals surface area contributed by atoms with E-state index in [1.807, 2.05) is 0 Å². The number of nitro benzene ring substituents is 1. The number of nitro groups is 1. The fraction of sp³-hybridized carbons (Fsp3) is 0.188. The van der Waals surface area contributed by atoms with Crippen molar-refractivity contribution in [1.29, 1.82) is 0 Å². The fourth-order valence-electron chi connectivity index (χ4n) is 2.33. The molecule has 0 spiro atoms. The number of hydrogen-bond acceptors (Lipinski definition) is 7. The number of amides is 1. The molecule has 0 unspecified atom stereocenters. The summed E-state index contributed by atoms with van der Waals surface area (Å²) in [5.74, 6) is -0.357. The highest BCUT2D eigenvalue weighted by atomic mass is 32.1. The minimum atomic E-state index is -0.436. The number of aromatic nitrogens is 2. The number of thiazole rings is 2. The van der Waals surface area contributed by atoms with Gasteiger partial charge in [-0.15, -0.1) is 11.3 Å². The number of carbonyl (C=O) groups excluding carboxylic acids is 1. The van der Waals surface area contributed by atoms with Gasteiger partial charge in [0.15, 0.2) is 5.13 Å². The highest BCUT2D eigenvalue weighted by molar-refractivity contribution is 7.14. The second-order valence-electron chi connectivity index (χ2n) is 5.57. The van der Waals surface area contributed by atoms with Crippen molar-refractivity contribution in [3.8, 4) is 11.3 Å². The van der Waals surface area contributed by atoms with E-state index in [2.05, 4.69) is 10.3 Å². The summed E-state index contributed by atoms with van der Waals surface area (Å²) < 4.78 is 1.39. The molecule has 2 heterocycles. The fourth-order valence-corrected chi connectivity index (χ4v) is 3.80. The van der Waals surface area contributed by atoms with E-state index in [4.69, 9.17) is 0 Å². The molecule has 0 aliphatic carbocycles. The van der Waals surface area contributed by atoms with Crippen LogP contribution in [0.2, 0.25) is 0 Å². The quantitative estimate of drug-likeness (QED) is 0.532. The first-order chi connectivity index (χ1) is 12.3. The zero-order valence-corrected chi connectivity index (χ0v) is 15.5. The lowest BCUT2D eigenvalue weighted by molar-refractivity contribution is -0.385. The van der Waals surface area contributed by atoms with Crippen LogP contribution in [0.15, 0.2) is 33.8 Å². The second kappa shape index (κ2) is 7.18. The zero-order chi connectivity index (χ0) is 18.8. The predicted octanol–water partition coefficient (Wildman–Crippen LogP) is 3.20. The van der Waals surface area contributed by atoms with Gasteiger partial charge in [0.2, 0.25) is 5.91 Å². The van der Waals surface area contributed by atoms with Crippen molar-refractivity contribution in [3.05, 3.63) is 60.0 Å². The molecule has 0 radical (unpaired) electrons. The summed E-state index contributed by atoms with van der Waals surface area (Å²) in [5.41, 5.74) is 2.45. The van der Waals surface area contributed by atoms with Gasteiger partial charge in [-0.25, -0.2) is 4.98 Å². The number of hydrogen-bond donors (Lipinski definition) is 1. The molecule has 3 rings (SSSR count). The molecule has 0 atom stereocenters. The third kappa shape index (κ3) is 3.70. The summed E-state index contributed by atoms with van der Waals surface area (Å²) in [6.45, 7) is 3.35. The van der Waals surface area contributed by atoms with E-state index in [1.165, 1.54) is 22.0 Å². The maximum absolute atomic E-state index is 12.1. The Hall–Kier alpha value is -2.85. The molecule has 0 aliphatic heterocycles. The van der Waals surface area contributed by atoms with E-state index < -0.39 is 4.92 Å². The molecule has 3 aromatic rings. The monoisotopic (exact) mass is 390 g/mol. The highest BCUT2D eigenvalue weighted by Gasteiger charge is 2.15. The van der Waals surface area contributed by atoms with Gasteiger partial charge < -0.3 is 5.32 Å². The van der Waals surface area contributed by atoms with E-state index in [-0.39, 0.29) is 23.0 Å². The molecule has 10 heteroatoms. The Balaban J connectivity index is 1.76. The van der Waals surface area contributed by atoms with Gasteiger partial charge in [-0.2, -0.15) is 0 Å². The molecule has 0 bridgehead atoms. The van der Waals surface area contributed by atoms with Crippen LogP contribution in [0, 0.1) is 24.0 Å². The Kier molecular flexibility index (Phi) is 4.96. The Morgan fingerprint density at radius 1 is 1.31 bits per heavy atom. The van der Waals surface area contributed by atoms with Gasteiger partial charge in [0.05, 0.1) is 10.6 Å². The van der Waals surface area contributed by atoms with Crippen LogP contribution in [-0.4, -0.2) is 20.4 Å². The topological polar surface area (TPSA) is 107 Å². The molecule has 0 saturated heterocycles. The Morgan fingerprint density at radius 3 is 2.73 bits per heavy atom. The summed E-state index contributed by atoms with van der Waals surface area (Å²) in [6, 6.07) is 4.87. The second-order valence-corrected chi connectivity index (χ2v) is 7.25. The van der Waals surface area contributed by atoms with Crippen molar-refractivity contribution in [2.75, 3.05) is 5.32 Å². The largest absolute Gasteiger partial charge is 0.307 e. The van der Waals surface area contributed by atoms with Gasteiger partial charge in [0, 0.05) is 33.6 Å². The van der Waals surface area contributed by atoms with Crippen LogP contribution < -0.4 is 10.2 Å². The van der Waals surface area contributed by atoms with Gasteiger partial charge in [0.1, 0.15) is 6.54 Å². The molecule has 1 aromatic carbocycles. The van der Waals surface area contributed by atoms with E-state index >= 15 is 0 Å². The lowest BCUT2D eigenvalue weighted by Crippen LogP contribution is -2.25. The predicted molar refractivity (Wildman–Crippen MR) is 101 cm³/mol. The minimum Gasteiger partial charge on any atom is -0.300 e. The summed E-state index contributed by atoms with van der Waals surface area (Å²) in [6.07, 6.45) is 0. The Labute approximate surface area is 155 Å². The van der Waals surface area contributed by atoms with E-state index in [1.54, 1.807) is 36.7 Å². The van der Waals surface area contributed by atoms with Crippen LogP contribution in [0.5, 0.6) is 0 Å². The first-order valence-corrected chi connectivity index (χ1v) is 9.27. The van der Waals surface area contributed by atoms with Crippen molar-refractivity contribution in [3.63, 3.8) is 0 Å². The van der Waals surface area contributed by atoms with Crippen LogP contribution >= 0.6 is 22.7 Å². The Morgan fingerprint density at radius 2 is 2.08 bits per heavy atom. The van der Waals surface area contributed by atoms with E-state index in [0.29, 0.717) is 22.0 Å². The van der Waals surface area contributed by atoms with Crippen molar-refractivity contribution < 1.29 is 9.72 Å². The van der Waals surface area contributed by atoms with Crippen molar-refractivity contribution in [2.24, 2.45) is 0 Å². The van der Waals surface area contributed by atoms with Gasteiger partial charge >= 0.3 is 4.87 Å². The SMILES string of the molecule is Cc1ccc(-c2csc(NC(=O)Cn3c(C)csc3=O)n2)cc1[N+](=O)[O-]. The molecular weight excluding hydrogens is 376 g/mol. The molecule has 8 nitrogen and oxygen atoms in total. The van der Waals surface area contributed by atoms with Crippen LogP contribution in [0.25, 0.3) is 11.3 Å². The number of anilines is 1. The maximum atomic E-state index is 12.1. The molecule has 26 heavy (non-hydrogen) atoms. The number of carbonyl (C=O) groups is 1. The molecule has 1 amide bonds. The molecule has 2 aromatic heterocycles. The molecule has 1 N–H and O–H groups in total. The lowest BCUT2D eigenvalue weighted by Gasteiger charge is -2.04. The average molecular weight is 390 g/mol. The summed E-state index contributed by atoms with van der Waals surface area (Å²) in [5, 5.41) is 17.5. The number of benzene rings is 1.